The van der Waals surface area contributed by atoms with Crippen molar-refractivity contribution in [2.24, 2.45) is 11.8 Å². The minimum absolute atomic E-state index is 0.511. The van der Waals surface area contributed by atoms with Crippen LogP contribution in [0.1, 0.15) is 31.2 Å². The van der Waals surface area contributed by atoms with Crippen LogP contribution in [0.4, 0.5) is 0 Å². The summed E-state index contributed by atoms with van der Waals surface area (Å²) >= 11 is 0. The fraction of sp³-hybridized carbons (Fsp3) is 0.412. The molecule has 1 heteroatoms. The van der Waals surface area contributed by atoms with Crippen molar-refractivity contribution in [1.29, 1.82) is 0 Å². The van der Waals surface area contributed by atoms with Gasteiger partial charge in [0.2, 0.25) is 0 Å². The van der Waals surface area contributed by atoms with E-state index < -0.39 is 5.60 Å². The molecule has 0 amide bonds. The summed E-state index contributed by atoms with van der Waals surface area (Å²) in [6, 6.07) is 14.8. The van der Waals surface area contributed by atoms with Gasteiger partial charge in [0.05, 0.1) is 5.60 Å². The molecule has 18 heavy (non-hydrogen) atoms. The lowest BCUT2D eigenvalue weighted by atomic mass is 9.96. The molecule has 2 aromatic rings. The van der Waals surface area contributed by atoms with Gasteiger partial charge >= 0.3 is 0 Å². The van der Waals surface area contributed by atoms with Crippen LogP contribution in [-0.2, 0) is 5.60 Å². The standard InChI is InChI=1S/C17H18O/c18-17(15-9-3-4-10-16(15)17)14-11-5-7-12-6-1-2-8-13(12)14/h1-2,5-8,11,15-16,18H,3-4,9-10H2. The van der Waals surface area contributed by atoms with Gasteiger partial charge in [0.1, 0.15) is 0 Å². The van der Waals surface area contributed by atoms with Gasteiger partial charge in [0.15, 0.2) is 0 Å². The van der Waals surface area contributed by atoms with Gasteiger partial charge in [-0.1, -0.05) is 55.3 Å². The molecular formula is C17H18O. The molecule has 0 saturated heterocycles. The summed E-state index contributed by atoms with van der Waals surface area (Å²) in [6.07, 6.45) is 4.97. The molecule has 2 aliphatic carbocycles. The highest BCUT2D eigenvalue weighted by Crippen LogP contribution is 2.65. The largest absolute Gasteiger partial charge is 0.385 e. The number of hydrogen-bond donors (Lipinski definition) is 1. The zero-order valence-electron chi connectivity index (χ0n) is 10.5. The zero-order valence-corrected chi connectivity index (χ0v) is 10.5. The Bertz CT molecular complexity index is 584. The predicted molar refractivity (Wildman–Crippen MR) is 73.3 cm³/mol. The maximum atomic E-state index is 11.1. The summed E-state index contributed by atoms with van der Waals surface area (Å²) in [5, 5.41) is 13.5. The first kappa shape index (κ1) is 10.6. The summed E-state index contributed by atoms with van der Waals surface area (Å²) in [5.41, 5.74) is 0.634. The van der Waals surface area contributed by atoms with E-state index in [1.165, 1.54) is 36.5 Å². The molecule has 0 radical (unpaired) electrons. The molecule has 4 rings (SSSR count). The molecule has 2 aliphatic rings. The van der Waals surface area contributed by atoms with E-state index in [0.29, 0.717) is 11.8 Å². The van der Waals surface area contributed by atoms with Crippen LogP contribution in [0.2, 0.25) is 0 Å². The normalized spacial score (nSPS) is 34.3. The Morgan fingerprint density at radius 2 is 1.56 bits per heavy atom. The second-order valence-corrected chi connectivity index (χ2v) is 5.85. The van der Waals surface area contributed by atoms with Crippen LogP contribution in [-0.4, -0.2) is 5.11 Å². The average molecular weight is 238 g/mol. The molecular weight excluding hydrogens is 220 g/mol. The SMILES string of the molecule is OC1(c2cccc3ccccc23)C2CCCCC21. The second kappa shape index (κ2) is 3.58. The number of hydrogen-bond acceptors (Lipinski definition) is 1. The molecule has 0 spiro atoms. The van der Waals surface area contributed by atoms with Crippen LogP contribution in [0.15, 0.2) is 42.5 Å². The Morgan fingerprint density at radius 1 is 0.889 bits per heavy atom. The quantitative estimate of drug-likeness (QED) is 0.800. The molecule has 2 aromatic carbocycles. The van der Waals surface area contributed by atoms with Crippen molar-refractivity contribution < 1.29 is 5.11 Å². The first-order valence-electron chi connectivity index (χ1n) is 7.02. The fourth-order valence-corrected chi connectivity index (χ4v) is 4.07. The molecule has 2 saturated carbocycles. The predicted octanol–water partition coefficient (Wildman–Crippen LogP) is 3.85. The van der Waals surface area contributed by atoms with Gasteiger partial charge in [-0.05, 0) is 41.0 Å². The first-order chi connectivity index (χ1) is 8.82. The summed E-state index contributed by atoms with van der Waals surface area (Å²) in [5.74, 6) is 1.02. The third-order valence-electron chi connectivity index (χ3n) is 5.01. The van der Waals surface area contributed by atoms with Gasteiger partial charge in [-0.15, -0.1) is 0 Å². The van der Waals surface area contributed by atoms with E-state index in [2.05, 4.69) is 42.5 Å². The van der Waals surface area contributed by atoms with E-state index in [0.717, 1.165) is 5.56 Å². The second-order valence-electron chi connectivity index (χ2n) is 5.85. The smallest absolute Gasteiger partial charge is 0.0966 e. The average Bonchev–Trinajstić information content (AvgIpc) is 3.06. The van der Waals surface area contributed by atoms with E-state index in [9.17, 15) is 5.11 Å². The van der Waals surface area contributed by atoms with Crippen LogP contribution in [0, 0.1) is 11.8 Å². The van der Waals surface area contributed by atoms with Crippen LogP contribution < -0.4 is 0 Å². The lowest BCUT2D eigenvalue weighted by molar-refractivity contribution is 0.119. The topological polar surface area (TPSA) is 20.2 Å². The summed E-state index contributed by atoms with van der Waals surface area (Å²) in [4.78, 5) is 0. The van der Waals surface area contributed by atoms with Crippen molar-refractivity contribution >= 4 is 10.8 Å². The maximum Gasteiger partial charge on any atom is 0.0966 e. The van der Waals surface area contributed by atoms with E-state index in [4.69, 9.17) is 0 Å². The lowest BCUT2D eigenvalue weighted by Gasteiger charge is -2.14. The highest BCUT2D eigenvalue weighted by atomic mass is 16.3. The van der Waals surface area contributed by atoms with Gasteiger partial charge in [0.25, 0.3) is 0 Å². The highest BCUT2D eigenvalue weighted by Gasteiger charge is 2.64. The third-order valence-corrected chi connectivity index (χ3v) is 5.01. The van der Waals surface area contributed by atoms with E-state index in [-0.39, 0.29) is 0 Å². The van der Waals surface area contributed by atoms with Gasteiger partial charge in [0, 0.05) is 0 Å². The fourth-order valence-electron chi connectivity index (χ4n) is 4.07. The summed E-state index contributed by atoms with van der Waals surface area (Å²) in [6.45, 7) is 0. The molecule has 2 fully saturated rings. The minimum Gasteiger partial charge on any atom is -0.385 e. The van der Waals surface area contributed by atoms with Gasteiger partial charge in [-0.25, -0.2) is 0 Å². The molecule has 1 N–H and O–H groups in total. The Balaban J connectivity index is 1.88. The van der Waals surface area contributed by atoms with Gasteiger partial charge in [-0.2, -0.15) is 0 Å². The van der Waals surface area contributed by atoms with E-state index in [1.54, 1.807) is 0 Å². The first-order valence-corrected chi connectivity index (χ1v) is 7.02. The summed E-state index contributed by atoms with van der Waals surface area (Å²) < 4.78 is 0. The van der Waals surface area contributed by atoms with Crippen molar-refractivity contribution in [3.8, 4) is 0 Å². The monoisotopic (exact) mass is 238 g/mol. The molecule has 0 aromatic heterocycles. The van der Waals surface area contributed by atoms with Crippen molar-refractivity contribution in [2.75, 3.05) is 0 Å². The lowest BCUT2D eigenvalue weighted by Crippen LogP contribution is -2.10. The number of fused-ring (bicyclic) bond motifs is 2. The highest BCUT2D eigenvalue weighted by molar-refractivity contribution is 5.87. The molecule has 2 atom stereocenters. The Morgan fingerprint density at radius 3 is 2.33 bits per heavy atom. The molecule has 92 valence electrons. The van der Waals surface area contributed by atoms with Crippen LogP contribution in [0.3, 0.4) is 0 Å². The van der Waals surface area contributed by atoms with Crippen molar-refractivity contribution in [3.63, 3.8) is 0 Å². The van der Waals surface area contributed by atoms with Crippen LogP contribution in [0.25, 0.3) is 10.8 Å². The third kappa shape index (κ3) is 1.26. The maximum absolute atomic E-state index is 11.1. The minimum atomic E-state index is -0.530. The Labute approximate surface area is 107 Å². The van der Waals surface area contributed by atoms with Crippen molar-refractivity contribution in [1.82, 2.24) is 0 Å². The molecule has 2 unspecified atom stereocenters. The van der Waals surface area contributed by atoms with Crippen LogP contribution >= 0.6 is 0 Å². The molecule has 0 heterocycles. The van der Waals surface area contributed by atoms with E-state index in [1.807, 2.05) is 0 Å². The zero-order chi connectivity index (χ0) is 12.2. The Hall–Kier alpha value is -1.34. The number of aliphatic hydroxyl groups is 1. The van der Waals surface area contributed by atoms with Gasteiger partial charge < -0.3 is 5.11 Å². The number of rotatable bonds is 1. The van der Waals surface area contributed by atoms with E-state index >= 15 is 0 Å². The molecule has 0 aliphatic heterocycles. The molecule has 1 nitrogen and oxygen atoms in total. The molecule has 0 bridgehead atoms. The van der Waals surface area contributed by atoms with Gasteiger partial charge in [-0.3, -0.25) is 0 Å². The van der Waals surface area contributed by atoms with Crippen molar-refractivity contribution in [2.45, 2.75) is 31.3 Å². The number of benzene rings is 2. The van der Waals surface area contributed by atoms with Crippen molar-refractivity contribution in [3.05, 3.63) is 48.0 Å². The van der Waals surface area contributed by atoms with Crippen LogP contribution in [0.5, 0.6) is 0 Å². The summed E-state index contributed by atoms with van der Waals surface area (Å²) in [7, 11) is 0. The Kier molecular flexibility index (Phi) is 2.10.